The van der Waals surface area contributed by atoms with Gasteiger partial charge in [-0.25, -0.2) is 0 Å². The van der Waals surface area contributed by atoms with Crippen LogP contribution >= 0.6 is 0 Å². The molecule has 14 heavy (non-hydrogen) atoms. The van der Waals surface area contributed by atoms with Gasteiger partial charge in [-0.05, 0) is 29.4 Å². The molecule has 4 heteroatoms. The highest BCUT2D eigenvalue weighted by Crippen LogP contribution is 2.24. The Balaban J connectivity index is 2.33. The van der Waals surface area contributed by atoms with E-state index in [4.69, 9.17) is 14.4 Å². The average Bonchev–Trinajstić information content (AvgIpc) is 2.65. The zero-order valence-corrected chi connectivity index (χ0v) is 7.60. The third-order valence-electron chi connectivity index (χ3n) is 1.87. The monoisotopic (exact) mass is 191 g/mol. The van der Waals surface area contributed by atoms with Crippen molar-refractivity contribution in [3.8, 4) is 23.0 Å². The van der Waals surface area contributed by atoms with Crippen LogP contribution in [0.3, 0.4) is 0 Å². The molecule has 1 N–H and O–H groups in total. The molecule has 1 aromatic heterocycles. The minimum atomic E-state index is -0.115. The number of hydrogen-bond acceptors (Lipinski definition) is 4. The second-order valence-electron chi connectivity index (χ2n) is 2.78. The standard InChI is InChI=1S/C10H9NO3/c1-13-8-4-2-7(3-5-8)9-6-10(12)11-14-9/h2-6H,1H3,(H,11,12). The van der Waals surface area contributed by atoms with E-state index in [2.05, 4.69) is 5.16 Å². The zero-order chi connectivity index (χ0) is 9.97. The molecule has 0 atom stereocenters. The van der Waals surface area contributed by atoms with E-state index in [1.54, 1.807) is 7.11 Å². The van der Waals surface area contributed by atoms with Crippen molar-refractivity contribution in [3.05, 3.63) is 30.3 Å². The number of ether oxygens (including phenoxy) is 1. The average molecular weight is 191 g/mol. The van der Waals surface area contributed by atoms with Crippen LogP contribution in [0.25, 0.3) is 11.3 Å². The molecule has 2 rings (SSSR count). The molecule has 0 amide bonds. The van der Waals surface area contributed by atoms with Gasteiger partial charge in [0.25, 0.3) is 5.88 Å². The zero-order valence-electron chi connectivity index (χ0n) is 7.60. The van der Waals surface area contributed by atoms with Crippen LogP contribution in [0.1, 0.15) is 0 Å². The first-order chi connectivity index (χ1) is 6.79. The van der Waals surface area contributed by atoms with Gasteiger partial charge in [0.05, 0.1) is 7.11 Å². The van der Waals surface area contributed by atoms with Crippen molar-refractivity contribution in [2.24, 2.45) is 0 Å². The van der Waals surface area contributed by atoms with Gasteiger partial charge in [-0.1, -0.05) is 0 Å². The van der Waals surface area contributed by atoms with Crippen LogP contribution in [0.15, 0.2) is 34.9 Å². The van der Waals surface area contributed by atoms with Crippen molar-refractivity contribution in [2.75, 3.05) is 7.11 Å². The second-order valence-corrected chi connectivity index (χ2v) is 2.78. The topological polar surface area (TPSA) is 55.5 Å². The summed E-state index contributed by atoms with van der Waals surface area (Å²) in [6.45, 7) is 0. The van der Waals surface area contributed by atoms with Crippen LogP contribution in [0, 0.1) is 0 Å². The summed E-state index contributed by atoms with van der Waals surface area (Å²) in [5.74, 6) is 1.19. The molecular formula is C10H9NO3. The Morgan fingerprint density at radius 2 is 2.00 bits per heavy atom. The Kier molecular flexibility index (Phi) is 2.10. The quantitative estimate of drug-likeness (QED) is 0.789. The van der Waals surface area contributed by atoms with Gasteiger partial charge in [0.1, 0.15) is 5.75 Å². The predicted octanol–water partition coefficient (Wildman–Crippen LogP) is 2.06. The van der Waals surface area contributed by atoms with E-state index in [0.29, 0.717) is 5.76 Å². The molecule has 0 aliphatic rings. The summed E-state index contributed by atoms with van der Waals surface area (Å²) in [4.78, 5) is 0. The molecule has 0 spiro atoms. The Bertz CT molecular complexity index is 419. The molecule has 0 saturated heterocycles. The first-order valence-electron chi connectivity index (χ1n) is 4.10. The van der Waals surface area contributed by atoms with E-state index in [0.717, 1.165) is 11.3 Å². The Hall–Kier alpha value is -1.97. The highest BCUT2D eigenvalue weighted by Gasteiger charge is 2.04. The largest absolute Gasteiger partial charge is 0.497 e. The maximum absolute atomic E-state index is 8.99. The highest BCUT2D eigenvalue weighted by atomic mass is 16.5. The number of hydrogen-bond donors (Lipinski definition) is 1. The fourth-order valence-electron chi connectivity index (χ4n) is 1.16. The molecule has 4 nitrogen and oxygen atoms in total. The third kappa shape index (κ3) is 1.54. The highest BCUT2D eigenvalue weighted by molar-refractivity contribution is 5.58. The number of benzene rings is 1. The van der Waals surface area contributed by atoms with Crippen molar-refractivity contribution < 1.29 is 14.4 Å². The summed E-state index contributed by atoms with van der Waals surface area (Å²) in [6.07, 6.45) is 0. The fraction of sp³-hybridized carbons (Fsp3) is 0.100. The van der Waals surface area contributed by atoms with Crippen LogP contribution in [-0.2, 0) is 0 Å². The molecule has 0 saturated carbocycles. The van der Waals surface area contributed by atoms with Crippen molar-refractivity contribution in [1.29, 1.82) is 0 Å². The fourth-order valence-corrected chi connectivity index (χ4v) is 1.16. The molecule has 0 aliphatic carbocycles. The van der Waals surface area contributed by atoms with Crippen molar-refractivity contribution in [2.45, 2.75) is 0 Å². The lowest BCUT2D eigenvalue weighted by Crippen LogP contribution is -1.81. The smallest absolute Gasteiger partial charge is 0.252 e. The molecule has 2 aromatic rings. The van der Waals surface area contributed by atoms with Crippen molar-refractivity contribution >= 4 is 0 Å². The lowest BCUT2D eigenvalue weighted by Gasteiger charge is -1.99. The maximum Gasteiger partial charge on any atom is 0.252 e. The first-order valence-corrected chi connectivity index (χ1v) is 4.10. The third-order valence-corrected chi connectivity index (χ3v) is 1.87. The number of aromatic hydroxyl groups is 1. The summed E-state index contributed by atoms with van der Waals surface area (Å²) in [5.41, 5.74) is 0.846. The van der Waals surface area contributed by atoms with Crippen LogP contribution in [-0.4, -0.2) is 17.4 Å². The van der Waals surface area contributed by atoms with Crippen LogP contribution < -0.4 is 4.74 Å². The van der Waals surface area contributed by atoms with Gasteiger partial charge in [0.2, 0.25) is 0 Å². The van der Waals surface area contributed by atoms with Gasteiger partial charge in [0.15, 0.2) is 5.76 Å². The normalized spacial score (nSPS) is 10.1. The number of nitrogens with zero attached hydrogens (tertiary/aromatic N) is 1. The van der Waals surface area contributed by atoms with Gasteiger partial charge < -0.3 is 14.4 Å². The van der Waals surface area contributed by atoms with E-state index in [1.807, 2.05) is 24.3 Å². The molecular weight excluding hydrogens is 182 g/mol. The van der Waals surface area contributed by atoms with Crippen LogP contribution in [0.4, 0.5) is 0 Å². The van der Waals surface area contributed by atoms with Gasteiger partial charge in [-0.2, -0.15) is 0 Å². The number of methoxy groups -OCH3 is 1. The summed E-state index contributed by atoms with van der Waals surface area (Å²) >= 11 is 0. The van der Waals surface area contributed by atoms with E-state index in [-0.39, 0.29) is 5.88 Å². The number of aromatic nitrogens is 1. The van der Waals surface area contributed by atoms with E-state index < -0.39 is 0 Å². The Labute approximate surface area is 80.7 Å². The van der Waals surface area contributed by atoms with Crippen LogP contribution in [0.5, 0.6) is 11.6 Å². The minimum Gasteiger partial charge on any atom is -0.497 e. The molecule has 72 valence electrons. The molecule has 0 fully saturated rings. The first kappa shape index (κ1) is 8.62. The van der Waals surface area contributed by atoms with E-state index in [9.17, 15) is 0 Å². The molecule has 1 aromatic carbocycles. The Morgan fingerprint density at radius 1 is 1.29 bits per heavy atom. The summed E-state index contributed by atoms with van der Waals surface area (Å²) in [5, 5.41) is 12.4. The van der Waals surface area contributed by atoms with Gasteiger partial charge >= 0.3 is 0 Å². The minimum absolute atomic E-state index is 0.115. The molecule has 0 unspecified atom stereocenters. The molecule has 0 radical (unpaired) electrons. The van der Waals surface area contributed by atoms with Crippen molar-refractivity contribution in [3.63, 3.8) is 0 Å². The Morgan fingerprint density at radius 3 is 2.50 bits per heavy atom. The lowest BCUT2D eigenvalue weighted by atomic mass is 10.2. The predicted molar refractivity (Wildman–Crippen MR) is 50.2 cm³/mol. The van der Waals surface area contributed by atoms with Crippen molar-refractivity contribution in [1.82, 2.24) is 5.16 Å². The van der Waals surface area contributed by atoms with Gasteiger partial charge in [-0.15, -0.1) is 0 Å². The maximum atomic E-state index is 8.99. The van der Waals surface area contributed by atoms with E-state index in [1.165, 1.54) is 6.07 Å². The van der Waals surface area contributed by atoms with E-state index >= 15 is 0 Å². The van der Waals surface area contributed by atoms with Gasteiger partial charge in [-0.3, -0.25) is 0 Å². The molecule has 1 heterocycles. The summed E-state index contributed by atoms with van der Waals surface area (Å²) < 4.78 is 9.90. The summed E-state index contributed by atoms with van der Waals surface area (Å²) in [6, 6.07) is 8.75. The molecule has 0 aliphatic heterocycles. The SMILES string of the molecule is COc1ccc(-c2cc(O)no2)cc1. The number of rotatable bonds is 2. The lowest BCUT2D eigenvalue weighted by molar-refractivity contribution is 0.365. The second kappa shape index (κ2) is 3.41. The van der Waals surface area contributed by atoms with Crippen LogP contribution in [0.2, 0.25) is 0 Å². The molecule has 0 bridgehead atoms. The van der Waals surface area contributed by atoms with Gasteiger partial charge in [0, 0.05) is 11.6 Å². The summed E-state index contributed by atoms with van der Waals surface area (Å²) in [7, 11) is 1.61.